The number of likely N-dealkylation sites (tertiary alicyclic amines) is 1. The summed E-state index contributed by atoms with van der Waals surface area (Å²) in [6.07, 6.45) is 2.34. The molecule has 3 heteroatoms. The summed E-state index contributed by atoms with van der Waals surface area (Å²) < 4.78 is 0. The highest BCUT2D eigenvalue weighted by Crippen LogP contribution is 2.17. The molecule has 0 aromatic carbocycles. The molecule has 1 rings (SSSR count). The summed E-state index contributed by atoms with van der Waals surface area (Å²) >= 11 is 0. The molecule has 1 amide bonds. The molecule has 0 atom stereocenters. The molecule has 1 fully saturated rings. The summed E-state index contributed by atoms with van der Waals surface area (Å²) in [5, 5.41) is 0. The van der Waals surface area contributed by atoms with E-state index in [1.165, 1.54) is 19.4 Å². The Hall–Kier alpha value is -0.570. The molecule has 1 aliphatic heterocycles. The maximum Gasteiger partial charge on any atom is 0.219 e. The summed E-state index contributed by atoms with van der Waals surface area (Å²) in [5.74, 6) is 1.02. The number of carbonyl (C=O) groups excluding carboxylic acids is 1. The van der Waals surface area contributed by atoms with Gasteiger partial charge in [-0.3, -0.25) is 4.79 Å². The van der Waals surface area contributed by atoms with Crippen molar-refractivity contribution in [1.82, 2.24) is 9.80 Å². The Labute approximate surface area is 87.1 Å². The minimum absolute atomic E-state index is 0.229. The van der Waals surface area contributed by atoms with E-state index in [4.69, 9.17) is 0 Å². The lowest BCUT2D eigenvalue weighted by atomic mass is 9.96. The van der Waals surface area contributed by atoms with Crippen LogP contribution in [0.15, 0.2) is 0 Å². The van der Waals surface area contributed by atoms with Crippen molar-refractivity contribution in [2.45, 2.75) is 26.7 Å². The molecule has 0 aliphatic carbocycles. The van der Waals surface area contributed by atoms with Gasteiger partial charge in [-0.25, -0.2) is 0 Å². The Morgan fingerprint density at radius 1 is 1.43 bits per heavy atom. The zero-order valence-electron chi connectivity index (χ0n) is 9.62. The first kappa shape index (κ1) is 11.5. The highest BCUT2D eigenvalue weighted by Gasteiger charge is 2.20. The molecular formula is C11H22N2O. The molecule has 0 radical (unpaired) electrons. The lowest BCUT2D eigenvalue weighted by Crippen LogP contribution is -2.39. The van der Waals surface area contributed by atoms with E-state index < -0.39 is 0 Å². The second-order valence-electron chi connectivity index (χ2n) is 4.30. The van der Waals surface area contributed by atoms with Gasteiger partial charge < -0.3 is 9.80 Å². The fraction of sp³-hybridized carbons (Fsp3) is 0.909. The number of amides is 1. The quantitative estimate of drug-likeness (QED) is 0.680. The molecule has 14 heavy (non-hydrogen) atoms. The van der Waals surface area contributed by atoms with Crippen LogP contribution in [0.4, 0.5) is 0 Å². The van der Waals surface area contributed by atoms with Crippen LogP contribution in [0.2, 0.25) is 0 Å². The molecule has 1 aliphatic rings. The van der Waals surface area contributed by atoms with Crippen molar-refractivity contribution < 1.29 is 4.79 Å². The highest BCUT2D eigenvalue weighted by atomic mass is 16.2. The molecule has 0 bridgehead atoms. The largest absolute Gasteiger partial charge is 0.343 e. The maximum atomic E-state index is 11.1. The topological polar surface area (TPSA) is 23.6 Å². The maximum absolute atomic E-state index is 11.1. The van der Waals surface area contributed by atoms with Crippen LogP contribution in [-0.2, 0) is 4.79 Å². The van der Waals surface area contributed by atoms with Crippen molar-refractivity contribution in [3.8, 4) is 0 Å². The Morgan fingerprint density at radius 2 is 2.00 bits per heavy atom. The van der Waals surface area contributed by atoms with E-state index in [1.54, 1.807) is 6.92 Å². The van der Waals surface area contributed by atoms with Gasteiger partial charge in [0.05, 0.1) is 0 Å². The van der Waals surface area contributed by atoms with E-state index in [-0.39, 0.29) is 5.91 Å². The number of rotatable bonds is 3. The predicted octanol–water partition coefficient (Wildman–Crippen LogP) is 1.20. The van der Waals surface area contributed by atoms with Gasteiger partial charge in [0.1, 0.15) is 0 Å². The van der Waals surface area contributed by atoms with E-state index in [0.717, 1.165) is 25.6 Å². The Morgan fingerprint density at radius 3 is 2.43 bits per heavy atom. The summed E-state index contributed by atoms with van der Waals surface area (Å²) in [4.78, 5) is 15.4. The zero-order chi connectivity index (χ0) is 10.6. The molecule has 0 saturated carbocycles. The first-order chi connectivity index (χ1) is 6.63. The van der Waals surface area contributed by atoms with E-state index in [9.17, 15) is 4.79 Å². The molecule has 0 aromatic heterocycles. The van der Waals surface area contributed by atoms with Crippen LogP contribution in [0.25, 0.3) is 0 Å². The molecule has 82 valence electrons. The summed E-state index contributed by atoms with van der Waals surface area (Å²) in [7, 11) is 2.16. The van der Waals surface area contributed by atoms with Gasteiger partial charge in [-0.2, -0.15) is 0 Å². The molecule has 0 aromatic rings. The van der Waals surface area contributed by atoms with Gasteiger partial charge in [0.15, 0.2) is 0 Å². The fourth-order valence-corrected chi connectivity index (χ4v) is 2.00. The molecule has 0 unspecified atom stereocenters. The first-order valence-corrected chi connectivity index (χ1v) is 5.57. The van der Waals surface area contributed by atoms with Crippen LogP contribution in [-0.4, -0.2) is 48.9 Å². The van der Waals surface area contributed by atoms with Gasteiger partial charge >= 0.3 is 0 Å². The van der Waals surface area contributed by atoms with E-state index in [0.29, 0.717) is 0 Å². The smallest absolute Gasteiger partial charge is 0.219 e. The van der Waals surface area contributed by atoms with Crippen LogP contribution in [0, 0.1) is 5.92 Å². The molecule has 1 saturated heterocycles. The minimum atomic E-state index is 0.229. The molecular weight excluding hydrogens is 176 g/mol. The molecule has 0 spiro atoms. The average molecular weight is 198 g/mol. The van der Waals surface area contributed by atoms with Crippen molar-refractivity contribution in [2.75, 3.05) is 33.2 Å². The van der Waals surface area contributed by atoms with E-state index in [1.807, 2.05) is 4.90 Å². The van der Waals surface area contributed by atoms with Gasteiger partial charge in [-0.05, 0) is 32.4 Å². The second kappa shape index (κ2) is 5.35. The van der Waals surface area contributed by atoms with Gasteiger partial charge in [0, 0.05) is 26.6 Å². The van der Waals surface area contributed by atoms with Gasteiger partial charge in [-0.1, -0.05) is 6.92 Å². The highest BCUT2D eigenvalue weighted by molar-refractivity contribution is 5.73. The summed E-state index contributed by atoms with van der Waals surface area (Å²) in [6.45, 7) is 8.06. The third-order valence-corrected chi connectivity index (χ3v) is 3.17. The number of hydrogen-bond donors (Lipinski definition) is 0. The fourth-order valence-electron chi connectivity index (χ4n) is 2.00. The Bertz CT molecular complexity index is 186. The van der Waals surface area contributed by atoms with Gasteiger partial charge in [0.2, 0.25) is 5.91 Å². The molecule has 3 nitrogen and oxygen atoms in total. The number of hydrogen-bond acceptors (Lipinski definition) is 2. The third-order valence-electron chi connectivity index (χ3n) is 3.17. The average Bonchev–Trinajstić information content (AvgIpc) is 2.18. The van der Waals surface area contributed by atoms with Crippen LogP contribution >= 0.6 is 0 Å². The lowest BCUT2D eigenvalue weighted by molar-refractivity contribution is -0.130. The Balaban J connectivity index is 2.25. The molecule has 0 N–H and O–H groups in total. The van der Waals surface area contributed by atoms with Gasteiger partial charge in [-0.15, -0.1) is 0 Å². The van der Waals surface area contributed by atoms with E-state index in [2.05, 4.69) is 18.9 Å². The number of nitrogens with zero attached hydrogens (tertiary/aromatic N) is 2. The van der Waals surface area contributed by atoms with Crippen LogP contribution < -0.4 is 0 Å². The monoisotopic (exact) mass is 198 g/mol. The lowest BCUT2D eigenvalue weighted by Gasteiger charge is -2.33. The van der Waals surface area contributed by atoms with Crippen LogP contribution in [0.1, 0.15) is 26.7 Å². The summed E-state index contributed by atoms with van der Waals surface area (Å²) in [5.41, 5.74) is 0. The van der Waals surface area contributed by atoms with E-state index >= 15 is 0 Å². The predicted molar refractivity (Wildman–Crippen MR) is 58.1 cm³/mol. The van der Waals surface area contributed by atoms with Crippen molar-refractivity contribution >= 4 is 5.91 Å². The first-order valence-electron chi connectivity index (χ1n) is 5.57. The standard InChI is InChI=1S/C11H22N2O/c1-4-12(3)9-11-5-7-13(8-6-11)10(2)14/h11H,4-9H2,1-3H3. The third kappa shape index (κ3) is 3.29. The van der Waals surface area contributed by atoms with Gasteiger partial charge in [0.25, 0.3) is 0 Å². The van der Waals surface area contributed by atoms with Crippen LogP contribution in [0.3, 0.4) is 0 Å². The summed E-state index contributed by atoms with van der Waals surface area (Å²) in [6, 6.07) is 0. The normalized spacial score (nSPS) is 19.0. The Kier molecular flexibility index (Phi) is 4.39. The van der Waals surface area contributed by atoms with Crippen molar-refractivity contribution in [1.29, 1.82) is 0 Å². The number of piperidine rings is 1. The van der Waals surface area contributed by atoms with Crippen molar-refractivity contribution in [2.24, 2.45) is 5.92 Å². The second-order valence-corrected chi connectivity index (χ2v) is 4.30. The van der Waals surface area contributed by atoms with Crippen molar-refractivity contribution in [3.05, 3.63) is 0 Å². The zero-order valence-corrected chi connectivity index (χ0v) is 9.62. The minimum Gasteiger partial charge on any atom is -0.343 e. The SMILES string of the molecule is CCN(C)CC1CCN(C(C)=O)CC1. The van der Waals surface area contributed by atoms with Crippen molar-refractivity contribution in [3.63, 3.8) is 0 Å². The molecule has 1 heterocycles. The number of carbonyl (C=O) groups is 1. The van der Waals surface area contributed by atoms with Crippen LogP contribution in [0.5, 0.6) is 0 Å².